The minimum Gasteiger partial charge on any atom is -0.494 e. The first-order valence-electron chi connectivity index (χ1n) is 7.03. The van der Waals surface area contributed by atoms with Crippen LogP contribution in [-0.4, -0.2) is 37.6 Å². The summed E-state index contributed by atoms with van der Waals surface area (Å²) in [6.07, 6.45) is 0.315. The van der Waals surface area contributed by atoms with Gasteiger partial charge in [0.1, 0.15) is 5.75 Å². The minimum absolute atomic E-state index is 0.0862. The summed E-state index contributed by atoms with van der Waals surface area (Å²) >= 11 is 5.75. The first-order valence-corrected chi connectivity index (χ1v) is 9.23. The average molecular weight is 349 g/mol. The molecule has 0 radical (unpaired) electrons. The fraction of sp³-hybridized carbons (Fsp3) is 0.533. The largest absolute Gasteiger partial charge is 0.494 e. The van der Waals surface area contributed by atoms with Crippen molar-refractivity contribution in [2.24, 2.45) is 11.8 Å². The van der Waals surface area contributed by atoms with Crippen LogP contribution in [0.15, 0.2) is 24.3 Å². The molecule has 0 aliphatic carbocycles. The zero-order valence-corrected chi connectivity index (χ0v) is 14.2. The second-order valence-corrected chi connectivity index (χ2v) is 8.12. The Morgan fingerprint density at radius 3 is 2.36 bits per heavy atom. The lowest BCUT2D eigenvalue weighted by Gasteiger charge is -2.16. The van der Waals surface area contributed by atoms with E-state index in [0.29, 0.717) is 17.2 Å². The molecule has 124 valence electrons. The molecule has 7 heteroatoms. The summed E-state index contributed by atoms with van der Waals surface area (Å²) in [7, 11) is -3.41. The van der Waals surface area contributed by atoms with Gasteiger partial charge in [-0.1, -0.05) is 25.4 Å². The van der Waals surface area contributed by atoms with Crippen molar-refractivity contribution in [2.45, 2.75) is 20.3 Å². The predicted molar refractivity (Wildman–Crippen MR) is 86.2 cm³/mol. The van der Waals surface area contributed by atoms with Gasteiger partial charge in [-0.2, -0.15) is 0 Å². The van der Waals surface area contributed by atoms with Crippen LogP contribution in [0.25, 0.3) is 0 Å². The number of carbonyl (C=O) groups is 1. The van der Waals surface area contributed by atoms with E-state index in [0.717, 1.165) is 0 Å². The molecule has 0 amide bonds. The number of hydrogen-bond acceptors (Lipinski definition) is 4. The standard InChI is InChI=1S/C15H21ClO5S/c1-11(2)14(15(17)18)10-22(19,20)9-3-8-21-13-6-4-12(16)5-7-13/h4-7,11,14H,3,8-10H2,1-2H3,(H,17,18). The molecule has 0 aliphatic rings. The van der Waals surface area contributed by atoms with E-state index in [-0.39, 0.29) is 24.0 Å². The van der Waals surface area contributed by atoms with Gasteiger partial charge in [0.05, 0.1) is 24.0 Å². The Kier molecular flexibility index (Phi) is 7.16. The molecule has 0 spiro atoms. The molecule has 1 atom stereocenters. The second-order valence-electron chi connectivity index (χ2n) is 5.46. The number of carboxylic acids is 1. The highest BCUT2D eigenvalue weighted by molar-refractivity contribution is 7.91. The highest BCUT2D eigenvalue weighted by Crippen LogP contribution is 2.17. The summed E-state index contributed by atoms with van der Waals surface area (Å²) in [6, 6.07) is 6.79. The number of halogens is 1. The van der Waals surface area contributed by atoms with E-state index in [9.17, 15) is 13.2 Å². The summed E-state index contributed by atoms with van der Waals surface area (Å²) in [4.78, 5) is 11.1. The van der Waals surface area contributed by atoms with E-state index < -0.39 is 21.7 Å². The fourth-order valence-electron chi connectivity index (χ4n) is 1.91. The van der Waals surface area contributed by atoms with Crippen LogP contribution in [0.4, 0.5) is 0 Å². The summed E-state index contributed by atoms with van der Waals surface area (Å²) in [6.45, 7) is 3.66. The van der Waals surface area contributed by atoms with Gasteiger partial charge in [-0.15, -0.1) is 0 Å². The Labute approximate surface area is 136 Å². The summed E-state index contributed by atoms with van der Waals surface area (Å²) in [5.41, 5.74) is 0. The first-order chi connectivity index (χ1) is 10.2. The quantitative estimate of drug-likeness (QED) is 0.694. The Balaban J connectivity index is 2.42. The van der Waals surface area contributed by atoms with Crippen LogP contribution in [0, 0.1) is 11.8 Å². The van der Waals surface area contributed by atoms with Crippen molar-refractivity contribution in [3.8, 4) is 5.75 Å². The molecule has 1 aromatic carbocycles. The Bertz CT molecular complexity index is 580. The van der Waals surface area contributed by atoms with E-state index in [2.05, 4.69) is 0 Å². The molecule has 0 bridgehead atoms. The lowest BCUT2D eigenvalue weighted by Crippen LogP contribution is -2.29. The molecule has 0 saturated heterocycles. The van der Waals surface area contributed by atoms with E-state index in [1.165, 1.54) is 0 Å². The second kappa shape index (κ2) is 8.39. The maximum Gasteiger partial charge on any atom is 0.307 e. The molecule has 5 nitrogen and oxygen atoms in total. The monoisotopic (exact) mass is 348 g/mol. The molecule has 0 aromatic heterocycles. The van der Waals surface area contributed by atoms with Crippen molar-refractivity contribution in [1.29, 1.82) is 0 Å². The van der Waals surface area contributed by atoms with Gasteiger partial charge >= 0.3 is 5.97 Å². The normalized spacial score (nSPS) is 13.1. The molecular weight excluding hydrogens is 328 g/mol. The van der Waals surface area contributed by atoms with Gasteiger partial charge in [-0.05, 0) is 36.6 Å². The molecule has 0 aliphatic heterocycles. The smallest absolute Gasteiger partial charge is 0.307 e. The van der Waals surface area contributed by atoms with Crippen LogP contribution in [0.2, 0.25) is 5.02 Å². The third-order valence-electron chi connectivity index (χ3n) is 3.24. The fourth-order valence-corrected chi connectivity index (χ4v) is 3.83. The van der Waals surface area contributed by atoms with Crippen LogP contribution < -0.4 is 4.74 Å². The van der Waals surface area contributed by atoms with E-state index >= 15 is 0 Å². The first kappa shape index (κ1) is 18.8. The van der Waals surface area contributed by atoms with E-state index in [1.807, 2.05) is 0 Å². The van der Waals surface area contributed by atoms with Crippen molar-refractivity contribution in [2.75, 3.05) is 18.1 Å². The zero-order valence-electron chi connectivity index (χ0n) is 12.7. The van der Waals surface area contributed by atoms with Crippen LogP contribution in [0.5, 0.6) is 5.75 Å². The van der Waals surface area contributed by atoms with Crippen LogP contribution in [-0.2, 0) is 14.6 Å². The SMILES string of the molecule is CC(C)C(CS(=O)(=O)CCCOc1ccc(Cl)cc1)C(=O)O. The number of sulfone groups is 1. The maximum absolute atomic E-state index is 12.0. The lowest BCUT2D eigenvalue weighted by atomic mass is 9.98. The van der Waals surface area contributed by atoms with Crippen LogP contribution >= 0.6 is 11.6 Å². The molecule has 1 N–H and O–H groups in total. The van der Waals surface area contributed by atoms with Gasteiger partial charge in [0.15, 0.2) is 9.84 Å². The number of benzene rings is 1. The topological polar surface area (TPSA) is 80.7 Å². The summed E-state index contributed by atoms with van der Waals surface area (Å²) in [5, 5.41) is 9.65. The molecular formula is C15H21ClO5S. The molecule has 0 saturated carbocycles. The highest BCUT2D eigenvalue weighted by atomic mass is 35.5. The van der Waals surface area contributed by atoms with Gasteiger partial charge < -0.3 is 9.84 Å². The third-order valence-corrected chi connectivity index (χ3v) is 5.27. The third kappa shape index (κ3) is 6.66. The minimum atomic E-state index is -3.41. The van der Waals surface area contributed by atoms with Gasteiger partial charge in [0.2, 0.25) is 0 Å². The predicted octanol–water partition coefficient (Wildman–Crippen LogP) is 2.88. The number of ether oxygens (including phenoxy) is 1. The molecule has 0 heterocycles. The Morgan fingerprint density at radius 2 is 1.86 bits per heavy atom. The maximum atomic E-state index is 12.0. The van der Waals surface area contributed by atoms with Gasteiger partial charge in [-0.25, -0.2) is 8.42 Å². The lowest BCUT2D eigenvalue weighted by molar-refractivity contribution is -0.142. The number of hydrogen-bond donors (Lipinski definition) is 1. The van der Waals surface area contributed by atoms with Crippen molar-refractivity contribution >= 4 is 27.4 Å². The van der Waals surface area contributed by atoms with Crippen molar-refractivity contribution in [3.63, 3.8) is 0 Å². The van der Waals surface area contributed by atoms with E-state index in [4.69, 9.17) is 21.4 Å². The van der Waals surface area contributed by atoms with Crippen molar-refractivity contribution in [3.05, 3.63) is 29.3 Å². The molecule has 0 fully saturated rings. The molecule has 1 rings (SSSR count). The number of carboxylic acid groups (broad SMARTS) is 1. The Morgan fingerprint density at radius 1 is 1.27 bits per heavy atom. The molecule has 1 unspecified atom stereocenters. The van der Waals surface area contributed by atoms with Gasteiger partial charge in [0, 0.05) is 5.02 Å². The average Bonchev–Trinajstić information content (AvgIpc) is 2.42. The van der Waals surface area contributed by atoms with Gasteiger partial charge in [-0.3, -0.25) is 4.79 Å². The summed E-state index contributed by atoms with van der Waals surface area (Å²) < 4.78 is 29.4. The van der Waals surface area contributed by atoms with Crippen LogP contribution in [0.3, 0.4) is 0 Å². The zero-order chi connectivity index (χ0) is 16.8. The number of rotatable bonds is 9. The van der Waals surface area contributed by atoms with Crippen LogP contribution in [0.1, 0.15) is 20.3 Å². The highest BCUT2D eigenvalue weighted by Gasteiger charge is 2.27. The van der Waals surface area contributed by atoms with Crippen molar-refractivity contribution < 1.29 is 23.1 Å². The Hall–Kier alpha value is -1.27. The van der Waals surface area contributed by atoms with E-state index in [1.54, 1.807) is 38.1 Å². The molecule has 22 heavy (non-hydrogen) atoms. The van der Waals surface area contributed by atoms with Gasteiger partial charge in [0.25, 0.3) is 0 Å². The van der Waals surface area contributed by atoms with Crippen molar-refractivity contribution in [1.82, 2.24) is 0 Å². The summed E-state index contributed by atoms with van der Waals surface area (Å²) in [5.74, 6) is -1.97. The number of aliphatic carboxylic acids is 1. The molecule has 1 aromatic rings.